The Morgan fingerprint density at radius 1 is 0.850 bits per heavy atom. The SMILES string of the molecule is C=C1CC(NC2Cc3ccccc3C2)c2ccccc21. The molecule has 0 saturated heterocycles. The van der Waals surface area contributed by atoms with Crippen LogP contribution < -0.4 is 5.32 Å². The van der Waals surface area contributed by atoms with Gasteiger partial charge in [0, 0.05) is 12.1 Å². The quantitative estimate of drug-likeness (QED) is 0.864. The summed E-state index contributed by atoms with van der Waals surface area (Å²) in [7, 11) is 0. The summed E-state index contributed by atoms with van der Waals surface area (Å²) in [5.74, 6) is 0. The van der Waals surface area contributed by atoms with Crippen LogP contribution in [-0.4, -0.2) is 6.04 Å². The second-order valence-electron chi connectivity index (χ2n) is 5.99. The van der Waals surface area contributed by atoms with Gasteiger partial charge in [-0.25, -0.2) is 0 Å². The number of nitrogens with one attached hydrogen (secondary N) is 1. The van der Waals surface area contributed by atoms with E-state index in [2.05, 4.69) is 60.4 Å². The molecule has 1 N–H and O–H groups in total. The lowest BCUT2D eigenvalue weighted by molar-refractivity contribution is 0.458. The Balaban J connectivity index is 1.54. The minimum absolute atomic E-state index is 0.443. The molecule has 2 aromatic rings. The third kappa shape index (κ3) is 1.90. The Kier molecular flexibility index (Phi) is 2.75. The van der Waals surface area contributed by atoms with Crippen molar-refractivity contribution >= 4 is 5.57 Å². The fraction of sp³-hybridized carbons (Fsp3) is 0.263. The van der Waals surface area contributed by atoms with Crippen molar-refractivity contribution in [2.75, 3.05) is 0 Å². The molecule has 2 aliphatic carbocycles. The molecule has 0 fully saturated rings. The Morgan fingerprint density at radius 3 is 2.25 bits per heavy atom. The highest BCUT2D eigenvalue weighted by Crippen LogP contribution is 2.39. The first-order valence-corrected chi connectivity index (χ1v) is 7.41. The molecule has 0 bridgehead atoms. The highest BCUT2D eigenvalue weighted by Gasteiger charge is 2.29. The molecule has 0 saturated carbocycles. The summed E-state index contributed by atoms with van der Waals surface area (Å²) in [5.41, 5.74) is 7.06. The van der Waals surface area contributed by atoms with Crippen LogP contribution in [-0.2, 0) is 12.8 Å². The maximum atomic E-state index is 4.22. The summed E-state index contributed by atoms with van der Waals surface area (Å²) < 4.78 is 0. The van der Waals surface area contributed by atoms with Gasteiger partial charge < -0.3 is 5.32 Å². The Hall–Kier alpha value is -1.86. The normalized spacial score (nSPS) is 21.0. The second-order valence-corrected chi connectivity index (χ2v) is 5.99. The highest BCUT2D eigenvalue weighted by molar-refractivity contribution is 5.72. The predicted octanol–water partition coefficient (Wildman–Crippen LogP) is 3.90. The fourth-order valence-electron chi connectivity index (χ4n) is 3.70. The molecular formula is C19H19N. The number of fused-ring (bicyclic) bond motifs is 2. The molecule has 20 heavy (non-hydrogen) atoms. The largest absolute Gasteiger partial charge is 0.306 e. The molecule has 1 unspecified atom stereocenters. The van der Waals surface area contributed by atoms with Crippen molar-refractivity contribution in [1.82, 2.24) is 5.32 Å². The van der Waals surface area contributed by atoms with E-state index in [0.29, 0.717) is 12.1 Å². The van der Waals surface area contributed by atoms with E-state index < -0.39 is 0 Å². The van der Waals surface area contributed by atoms with Gasteiger partial charge in [0.1, 0.15) is 0 Å². The van der Waals surface area contributed by atoms with Crippen molar-refractivity contribution < 1.29 is 0 Å². The minimum Gasteiger partial charge on any atom is -0.306 e. The van der Waals surface area contributed by atoms with Gasteiger partial charge in [-0.15, -0.1) is 0 Å². The number of hydrogen-bond donors (Lipinski definition) is 1. The van der Waals surface area contributed by atoms with E-state index in [1.54, 1.807) is 0 Å². The molecule has 4 rings (SSSR count). The molecule has 1 atom stereocenters. The molecule has 2 aliphatic rings. The van der Waals surface area contributed by atoms with Crippen molar-refractivity contribution in [1.29, 1.82) is 0 Å². The van der Waals surface area contributed by atoms with Crippen molar-refractivity contribution in [2.24, 2.45) is 0 Å². The van der Waals surface area contributed by atoms with Crippen LogP contribution in [0, 0.1) is 0 Å². The molecule has 2 aromatic carbocycles. The summed E-state index contributed by atoms with van der Waals surface area (Å²) in [5, 5.41) is 3.85. The first kappa shape index (κ1) is 11.9. The molecule has 0 amide bonds. The van der Waals surface area contributed by atoms with Crippen LogP contribution in [0.1, 0.15) is 34.7 Å². The summed E-state index contributed by atoms with van der Waals surface area (Å²) in [6.07, 6.45) is 3.36. The molecule has 1 heteroatoms. The lowest BCUT2D eigenvalue weighted by Gasteiger charge is -2.19. The zero-order valence-electron chi connectivity index (χ0n) is 11.6. The third-order valence-corrected chi connectivity index (χ3v) is 4.66. The van der Waals surface area contributed by atoms with Crippen LogP contribution in [0.25, 0.3) is 5.57 Å². The van der Waals surface area contributed by atoms with E-state index in [1.165, 1.54) is 27.8 Å². The third-order valence-electron chi connectivity index (χ3n) is 4.66. The first-order chi connectivity index (χ1) is 9.81. The summed E-state index contributed by atoms with van der Waals surface area (Å²) in [4.78, 5) is 0. The topological polar surface area (TPSA) is 12.0 Å². The summed E-state index contributed by atoms with van der Waals surface area (Å²) >= 11 is 0. The zero-order chi connectivity index (χ0) is 13.5. The molecule has 0 spiro atoms. The lowest BCUT2D eigenvalue weighted by atomic mass is 10.1. The van der Waals surface area contributed by atoms with Crippen LogP contribution in [0.15, 0.2) is 55.1 Å². The number of rotatable bonds is 2. The van der Waals surface area contributed by atoms with E-state index in [9.17, 15) is 0 Å². The molecule has 100 valence electrons. The Labute approximate surface area is 120 Å². The van der Waals surface area contributed by atoms with Gasteiger partial charge >= 0.3 is 0 Å². The van der Waals surface area contributed by atoms with E-state index >= 15 is 0 Å². The molecule has 0 heterocycles. The van der Waals surface area contributed by atoms with Gasteiger partial charge in [-0.3, -0.25) is 0 Å². The minimum atomic E-state index is 0.443. The molecule has 0 radical (unpaired) electrons. The molecule has 0 aliphatic heterocycles. The average Bonchev–Trinajstić information content (AvgIpc) is 3.01. The zero-order valence-corrected chi connectivity index (χ0v) is 11.6. The smallest absolute Gasteiger partial charge is 0.0369 e. The van der Waals surface area contributed by atoms with E-state index in [4.69, 9.17) is 0 Å². The summed E-state index contributed by atoms with van der Waals surface area (Å²) in [6.45, 7) is 4.22. The van der Waals surface area contributed by atoms with Gasteiger partial charge in [0.15, 0.2) is 0 Å². The van der Waals surface area contributed by atoms with Crippen LogP contribution in [0.5, 0.6) is 0 Å². The summed E-state index contributed by atoms with van der Waals surface area (Å²) in [6, 6.07) is 18.5. The average molecular weight is 261 g/mol. The predicted molar refractivity (Wildman–Crippen MR) is 83.6 cm³/mol. The fourth-order valence-corrected chi connectivity index (χ4v) is 3.70. The number of hydrogen-bond acceptors (Lipinski definition) is 1. The van der Waals surface area contributed by atoms with Crippen LogP contribution in [0.4, 0.5) is 0 Å². The lowest BCUT2D eigenvalue weighted by Crippen LogP contribution is -2.32. The van der Waals surface area contributed by atoms with Crippen molar-refractivity contribution in [3.63, 3.8) is 0 Å². The van der Waals surface area contributed by atoms with Gasteiger partial charge in [-0.05, 0) is 47.1 Å². The Bertz CT molecular complexity index is 646. The van der Waals surface area contributed by atoms with Gasteiger partial charge in [-0.2, -0.15) is 0 Å². The highest BCUT2D eigenvalue weighted by atomic mass is 15.0. The maximum Gasteiger partial charge on any atom is 0.0369 e. The van der Waals surface area contributed by atoms with Crippen LogP contribution in [0.3, 0.4) is 0 Å². The molecule has 1 nitrogen and oxygen atoms in total. The van der Waals surface area contributed by atoms with Gasteiger partial charge in [0.25, 0.3) is 0 Å². The molecule has 0 aromatic heterocycles. The van der Waals surface area contributed by atoms with E-state index in [0.717, 1.165) is 19.3 Å². The van der Waals surface area contributed by atoms with E-state index in [-0.39, 0.29) is 0 Å². The van der Waals surface area contributed by atoms with Crippen molar-refractivity contribution in [3.05, 3.63) is 77.4 Å². The first-order valence-electron chi connectivity index (χ1n) is 7.41. The van der Waals surface area contributed by atoms with Crippen molar-refractivity contribution in [3.8, 4) is 0 Å². The van der Waals surface area contributed by atoms with Crippen LogP contribution >= 0.6 is 0 Å². The monoisotopic (exact) mass is 261 g/mol. The maximum absolute atomic E-state index is 4.22. The van der Waals surface area contributed by atoms with Crippen molar-refractivity contribution in [2.45, 2.75) is 31.3 Å². The van der Waals surface area contributed by atoms with Crippen LogP contribution in [0.2, 0.25) is 0 Å². The second kappa shape index (κ2) is 4.60. The molecular weight excluding hydrogens is 242 g/mol. The van der Waals surface area contributed by atoms with Gasteiger partial charge in [0.05, 0.1) is 0 Å². The standard InChI is InChI=1S/C19H19N/c1-13-10-19(18-9-5-4-8-17(13)18)20-16-11-14-6-2-3-7-15(14)12-16/h2-9,16,19-20H,1,10-12H2. The van der Waals surface area contributed by atoms with Gasteiger partial charge in [0.2, 0.25) is 0 Å². The Morgan fingerprint density at radius 2 is 1.50 bits per heavy atom. The van der Waals surface area contributed by atoms with Gasteiger partial charge in [-0.1, -0.05) is 55.1 Å². The van der Waals surface area contributed by atoms with E-state index in [1.807, 2.05) is 0 Å². The number of benzene rings is 2.